The number of hydrogen-bond donors (Lipinski definition) is 0. The Morgan fingerprint density at radius 1 is 0.684 bits per heavy atom. The highest BCUT2D eigenvalue weighted by molar-refractivity contribution is 5.65. The molecule has 2 saturated heterocycles. The Morgan fingerprint density at radius 2 is 1.05 bits per heavy atom. The molecule has 0 amide bonds. The van der Waals surface area contributed by atoms with Gasteiger partial charge < -0.3 is 0 Å². The fourth-order valence-electron chi connectivity index (χ4n) is 4.61. The van der Waals surface area contributed by atoms with Gasteiger partial charge in [0.2, 0.25) is 0 Å². The normalized spacial score (nSPS) is 37.7. The maximum absolute atomic E-state index is 2.71. The van der Waals surface area contributed by atoms with E-state index in [0.29, 0.717) is 11.8 Å². The molecule has 2 aliphatic heterocycles. The number of rotatable bonds is 2. The SMILES string of the molecule is C1=CC(C2=C(C3C=CC=C3)C23N2CCN3CC2)C=C1. The quantitative estimate of drug-likeness (QED) is 0.693. The Morgan fingerprint density at radius 3 is 1.42 bits per heavy atom. The third kappa shape index (κ3) is 1.11. The van der Waals surface area contributed by atoms with Gasteiger partial charge in [0.25, 0.3) is 0 Å². The van der Waals surface area contributed by atoms with Crippen molar-refractivity contribution in [3.8, 4) is 0 Å². The lowest BCUT2D eigenvalue weighted by Crippen LogP contribution is -2.38. The minimum atomic E-state index is 0.230. The Bertz CT molecular complexity index is 506. The average molecular weight is 250 g/mol. The van der Waals surface area contributed by atoms with Crippen LogP contribution in [0.5, 0.6) is 0 Å². The lowest BCUT2D eigenvalue weighted by molar-refractivity contribution is 0.226. The van der Waals surface area contributed by atoms with Crippen LogP contribution in [0.4, 0.5) is 0 Å². The molecule has 0 atom stereocenters. The molecule has 2 heteroatoms. The van der Waals surface area contributed by atoms with Gasteiger partial charge in [0.1, 0.15) is 5.66 Å². The molecular weight excluding hydrogens is 232 g/mol. The number of hydrogen-bond acceptors (Lipinski definition) is 2. The summed E-state index contributed by atoms with van der Waals surface area (Å²) in [5.74, 6) is 1.08. The van der Waals surface area contributed by atoms with E-state index in [2.05, 4.69) is 58.4 Å². The Labute approximate surface area is 114 Å². The molecule has 2 nitrogen and oxygen atoms in total. The molecule has 1 spiro atoms. The standard InChI is InChI=1S/C17H18N2/c1-2-6-13(5-1)15-16(14-7-3-4-8-14)17(15)18-9-10-19(17)12-11-18/h1-8,13-14H,9-12H2. The number of piperazine rings is 1. The van der Waals surface area contributed by atoms with Crippen molar-refractivity contribution in [2.45, 2.75) is 5.66 Å². The van der Waals surface area contributed by atoms with Crippen LogP contribution in [0.1, 0.15) is 0 Å². The summed E-state index contributed by atoms with van der Waals surface area (Å²) in [7, 11) is 0. The van der Waals surface area contributed by atoms with Crippen LogP contribution in [0.3, 0.4) is 0 Å². The fourth-order valence-corrected chi connectivity index (χ4v) is 4.61. The van der Waals surface area contributed by atoms with Crippen LogP contribution < -0.4 is 0 Å². The van der Waals surface area contributed by atoms with E-state index in [1.807, 2.05) is 0 Å². The zero-order valence-electron chi connectivity index (χ0n) is 11.0. The lowest BCUT2D eigenvalue weighted by Gasteiger charge is -2.26. The van der Waals surface area contributed by atoms with Crippen LogP contribution in [0, 0.1) is 11.8 Å². The van der Waals surface area contributed by atoms with Crippen LogP contribution in [0.15, 0.2) is 59.8 Å². The van der Waals surface area contributed by atoms with E-state index in [9.17, 15) is 0 Å². The van der Waals surface area contributed by atoms with Gasteiger partial charge in [0.15, 0.2) is 0 Å². The topological polar surface area (TPSA) is 6.48 Å². The monoisotopic (exact) mass is 250 g/mol. The summed E-state index contributed by atoms with van der Waals surface area (Å²) >= 11 is 0. The largest absolute Gasteiger partial charge is 0.276 e. The Balaban J connectivity index is 1.61. The zero-order valence-corrected chi connectivity index (χ0v) is 11.0. The van der Waals surface area contributed by atoms with E-state index in [1.165, 1.54) is 26.2 Å². The van der Waals surface area contributed by atoms with Crippen LogP contribution >= 0.6 is 0 Å². The minimum absolute atomic E-state index is 0.230. The first-order chi connectivity index (χ1) is 9.42. The number of nitrogens with zero attached hydrogens (tertiary/aromatic N) is 2. The highest BCUT2D eigenvalue weighted by atomic mass is 15.5. The van der Waals surface area contributed by atoms with Crippen LogP contribution in [-0.2, 0) is 0 Å². The average Bonchev–Trinajstić information content (AvgIpc) is 3.02. The maximum Gasteiger partial charge on any atom is 0.121 e. The highest BCUT2D eigenvalue weighted by Gasteiger charge is 2.68. The van der Waals surface area contributed by atoms with Crippen molar-refractivity contribution in [3.63, 3.8) is 0 Å². The van der Waals surface area contributed by atoms with Gasteiger partial charge in [0.05, 0.1) is 0 Å². The van der Waals surface area contributed by atoms with Gasteiger partial charge in [-0.15, -0.1) is 0 Å². The lowest BCUT2D eigenvalue weighted by atomic mass is 10.1. The third-order valence-corrected chi connectivity index (χ3v) is 5.34. The molecular formula is C17H18N2. The first kappa shape index (κ1) is 10.4. The second-order valence-electron chi connectivity index (χ2n) is 6.06. The molecule has 5 aliphatic rings. The van der Waals surface area contributed by atoms with Crippen molar-refractivity contribution in [1.29, 1.82) is 0 Å². The van der Waals surface area contributed by atoms with Crippen molar-refractivity contribution in [3.05, 3.63) is 59.8 Å². The molecule has 2 bridgehead atoms. The van der Waals surface area contributed by atoms with E-state index in [4.69, 9.17) is 0 Å². The third-order valence-electron chi connectivity index (χ3n) is 5.34. The van der Waals surface area contributed by atoms with Gasteiger partial charge in [-0.1, -0.05) is 48.6 Å². The van der Waals surface area contributed by atoms with Crippen molar-refractivity contribution in [2.75, 3.05) is 26.2 Å². The predicted molar refractivity (Wildman–Crippen MR) is 76.4 cm³/mol. The van der Waals surface area contributed by atoms with Crippen LogP contribution in [0.2, 0.25) is 0 Å². The Kier molecular flexibility index (Phi) is 1.85. The van der Waals surface area contributed by atoms with E-state index in [0.717, 1.165) is 0 Å². The molecule has 0 aromatic rings. The molecule has 0 saturated carbocycles. The van der Waals surface area contributed by atoms with Crippen molar-refractivity contribution >= 4 is 0 Å². The van der Waals surface area contributed by atoms with Gasteiger partial charge >= 0.3 is 0 Å². The van der Waals surface area contributed by atoms with E-state index in [-0.39, 0.29) is 5.66 Å². The molecule has 3 aliphatic carbocycles. The molecule has 19 heavy (non-hydrogen) atoms. The smallest absolute Gasteiger partial charge is 0.121 e. The summed E-state index contributed by atoms with van der Waals surface area (Å²) in [6.07, 6.45) is 18.2. The molecule has 0 radical (unpaired) electrons. The second kappa shape index (κ2) is 3.38. The van der Waals surface area contributed by atoms with Crippen LogP contribution in [-0.4, -0.2) is 41.6 Å². The summed E-state index contributed by atoms with van der Waals surface area (Å²) in [5, 5.41) is 0. The first-order valence-electron chi connectivity index (χ1n) is 7.37. The van der Waals surface area contributed by atoms with Crippen molar-refractivity contribution < 1.29 is 0 Å². The van der Waals surface area contributed by atoms with E-state index in [1.54, 1.807) is 11.1 Å². The summed E-state index contributed by atoms with van der Waals surface area (Å²) < 4.78 is 0. The fraction of sp³-hybridized carbons (Fsp3) is 0.412. The molecule has 96 valence electrons. The molecule has 5 rings (SSSR count). The van der Waals surface area contributed by atoms with Gasteiger partial charge in [-0.25, -0.2) is 0 Å². The Hall–Kier alpha value is -1.38. The van der Waals surface area contributed by atoms with E-state index < -0.39 is 0 Å². The molecule has 2 fully saturated rings. The summed E-state index contributed by atoms with van der Waals surface area (Å²) in [6.45, 7) is 4.97. The maximum atomic E-state index is 2.71. The predicted octanol–water partition coefficient (Wildman–Crippen LogP) is 2.11. The van der Waals surface area contributed by atoms with Crippen molar-refractivity contribution in [2.24, 2.45) is 11.8 Å². The van der Waals surface area contributed by atoms with E-state index >= 15 is 0 Å². The summed E-state index contributed by atoms with van der Waals surface area (Å²) in [4.78, 5) is 5.41. The van der Waals surface area contributed by atoms with Gasteiger partial charge in [-0.3, -0.25) is 9.80 Å². The highest BCUT2D eigenvalue weighted by Crippen LogP contribution is 2.63. The van der Waals surface area contributed by atoms with Gasteiger partial charge in [0, 0.05) is 38.0 Å². The summed E-state index contributed by atoms with van der Waals surface area (Å²) in [5.41, 5.74) is 3.58. The van der Waals surface area contributed by atoms with Crippen LogP contribution in [0.25, 0.3) is 0 Å². The molecule has 0 aromatic carbocycles. The molecule has 0 aromatic heterocycles. The molecule has 2 heterocycles. The minimum Gasteiger partial charge on any atom is -0.276 e. The molecule has 0 N–H and O–H groups in total. The first-order valence-corrected chi connectivity index (χ1v) is 7.37. The summed E-state index contributed by atoms with van der Waals surface area (Å²) in [6, 6.07) is 0. The second-order valence-corrected chi connectivity index (χ2v) is 6.06. The number of allylic oxidation sites excluding steroid dienone is 8. The van der Waals surface area contributed by atoms with Gasteiger partial charge in [-0.05, 0) is 11.1 Å². The zero-order chi connectivity index (χ0) is 12.4. The van der Waals surface area contributed by atoms with Crippen molar-refractivity contribution in [1.82, 2.24) is 9.80 Å². The van der Waals surface area contributed by atoms with Gasteiger partial charge in [-0.2, -0.15) is 0 Å². The molecule has 0 unspecified atom stereocenters.